The molecule has 0 fully saturated rings. The van der Waals surface area contributed by atoms with Gasteiger partial charge in [-0.3, -0.25) is 9.79 Å². The van der Waals surface area contributed by atoms with Crippen molar-refractivity contribution in [3.63, 3.8) is 0 Å². The molecular formula is C4H2N2Na2O2S. The fourth-order valence-electron chi connectivity index (χ4n) is 0.447. The zero-order valence-corrected chi connectivity index (χ0v) is 11.1. The van der Waals surface area contributed by atoms with Crippen molar-refractivity contribution in [2.75, 3.05) is 0 Å². The van der Waals surface area contributed by atoms with E-state index in [0.29, 0.717) is 0 Å². The van der Waals surface area contributed by atoms with E-state index in [9.17, 15) is 9.90 Å². The van der Waals surface area contributed by atoms with Crippen LogP contribution in [-0.2, 0) is 17.4 Å². The summed E-state index contributed by atoms with van der Waals surface area (Å²) in [7, 11) is 0. The summed E-state index contributed by atoms with van der Waals surface area (Å²) in [5.74, 6) is -1.000. The number of aliphatic imine (C=N–C) groups is 2. The third-order valence-corrected chi connectivity index (χ3v) is 0.926. The fourth-order valence-corrected chi connectivity index (χ4v) is 0.650. The number of nitrogens with zero attached hydrogens (tertiary/aromatic N) is 2. The number of amidine groups is 1. The largest absolute Gasteiger partial charge is 1.00 e. The van der Waals surface area contributed by atoms with Crippen LogP contribution in [-0.4, -0.2) is 17.0 Å². The van der Waals surface area contributed by atoms with Crippen LogP contribution in [0.25, 0.3) is 0 Å². The number of hydrogen-bond donors (Lipinski definition) is 0. The van der Waals surface area contributed by atoms with Crippen molar-refractivity contribution in [1.82, 2.24) is 0 Å². The maximum absolute atomic E-state index is 10.3. The summed E-state index contributed by atoms with van der Waals surface area (Å²) < 4.78 is 0. The number of carbonyl (C=O) groups is 1. The molecular weight excluding hydrogens is 186 g/mol. The van der Waals surface area contributed by atoms with E-state index < -0.39 is 11.8 Å². The van der Waals surface area contributed by atoms with E-state index in [1.807, 2.05) is 0 Å². The Morgan fingerprint density at radius 1 is 1.36 bits per heavy atom. The third-order valence-electron chi connectivity index (χ3n) is 0.743. The Bertz CT molecular complexity index is 216. The van der Waals surface area contributed by atoms with Crippen molar-refractivity contribution in [3.8, 4) is 0 Å². The quantitative estimate of drug-likeness (QED) is 0.280. The van der Waals surface area contributed by atoms with Gasteiger partial charge in [-0.05, 0) is 5.90 Å². The van der Waals surface area contributed by atoms with Crippen LogP contribution in [0.15, 0.2) is 9.98 Å². The molecule has 1 aliphatic rings. The van der Waals surface area contributed by atoms with Gasteiger partial charge in [0, 0.05) is 5.17 Å². The minimum Gasteiger partial charge on any atom is -0.861 e. The minimum absolute atomic E-state index is 0. The molecule has 1 heterocycles. The summed E-state index contributed by atoms with van der Waals surface area (Å²) >= 11 is 4.38. The van der Waals surface area contributed by atoms with E-state index in [2.05, 4.69) is 22.6 Å². The van der Waals surface area contributed by atoms with Crippen LogP contribution in [0.3, 0.4) is 0 Å². The zero-order valence-electron chi connectivity index (χ0n) is 6.33. The van der Waals surface area contributed by atoms with E-state index in [0.717, 1.165) is 0 Å². The summed E-state index contributed by atoms with van der Waals surface area (Å²) in [4.78, 5) is 16.8. The maximum Gasteiger partial charge on any atom is 1.00 e. The molecule has 0 aromatic rings. The van der Waals surface area contributed by atoms with E-state index >= 15 is 0 Å². The molecule has 1 rings (SSSR count). The molecule has 11 heavy (non-hydrogen) atoms. The second-order valence-corrected chi connectivity index (χ2v) is 1.84. The first-order chi connectivity index (χ1) is 4.18. The SMILES string of the molecule is O=C1CC([O-])=NC([S-])=N1.[Na+].[Na+]. The van der Waals surface area contributed by atoms with Crippen molar-refractivity contribution >= 4 is 29.6 Å². The van der Waals surface area contributed by atoms with E-state index in [1.54, 1.807) is 0 Å². The Kier molecular flexibility index (Phi) is 8.64. The predicted molar refractivity (Wildman–Crippen MR) is 31.9 cm³/mol. The molecule has 0 aromatic carbocycles. The molecule has 1 aliphatic heterocycles. The van der Waals surface area contributed by atoms with Gasteiger partial charge in [0.2, 0.25) is 5.91 Å². The smallest absolute Gasteiger partial charge is 0.861 e. The van der Waals surface area contributed by atoms with Gasteiger partial charge >= 0.3 is 59.1 Å². The number of amides is 1. The van der Waals surface area contributed by atoms with Gasteiger partial charge in [0.15, 0.2) is 0 Å². The topological polar surface area (TPSA) is 64.8 Å². The van der Waals surface area contributed by atoms with Gasteiger partial charge in [0.05, 0.1) is 6.42 Å². The fraction of sp³-hybridized carbons (Fsp3) is 0.250. The monoisotopic (exact) mass is 188 g/mol. The third kappa shape index (κ3) is 5.30. The van der Waals surface area contributed by atoms with Crippen LogP contribution in [0.5, 0.6) is 0 Å². The number of hydrogen-bond acceptors (Lipinski definition) is 4. The van der Waals surface area contributed by atoms with Gasteiger partial charge in [0.1, 0.15) is 0 Å². The summed E-state index contributed by atoms with van der Waals surface area (Å²) in [6, 6.07) is 0. The first-order valence-corrected chi connectivity index (χ1v) is 2.62. The molecule has 0 bridgehead atoms. The van der Waals surface area contributed by atoms with Crippen LogP contribution in [0.1, 0.15) is 6.42 Å². The standard InChI is InChI=1S/C4H4N2O2S.2Na/c7-2-1-3(8)6-4(9)5-2;;/h1H2,(H2,5,6,7,8,9);;/q;2*+1/p-2. The first-order valence-electron chi connectivity index (χ1n) is 2.21. The predicted octanol–water partition coefficient (Wildman–Crippen LogP) is -7.41. The molecule has 0 spiro atoms. The van der Waals surface area contributed by atoms with Crippen molar-refractivity contribution in [3.05, 3.63) is 0 Å². The van der Waals surface area contributed by atoms with Crippen molar-refractivity contribution < 1.29 is 69.0 Å². The van der Waals surface area contributed by atoms with Crippen LogP contribution in [0.2, 0.25) is 0 Å². The summed E-state index contributed by atoms with van der Waals surface area (Å²) in [6.45, 7) is 0. The summed E-state index contributed by atoms with van der Waals surface area (Å²) in [6.07, 6.45) is -0.236. The molecule has 0 saturated carbocycles. The molecule has 4 nitrogen and oxygen atoms in total. The van der Waals surface area contributed by atoms with Gasteiger partial charge in [0.25, 0.3) is 0 Å². The minimum atomic E-state index is -0.500. The molecule has 1 amide bonds. The van der Waals surface area contributed by atoms with E-state index in [1.165, 1.54) is 0 Å². The summed E-state index contributed by atoms with van der Waals surface area (Å²) in [5, 5.41) is 10.2. The summed E-state index contributed by atoms with van der Waals surface area (Å²) in [5.41, 5.74) is 0. The molecule has 0 aliphatic carbocycles. The van der Waals surface area contributed by atoms with Crippen molar-refractivity contribution in [2.45, 2.75) is 6.42 Å². The molecule has 0 atom stereocenters. The van der Waals surface area contributed by atoms with E-state index in [4.69, 9.17) is 0 Å². The van der Waals surface area contributed by atoms with Gasteiger partial charge in [-0.15, -0.1) is 0 Å². The van der Waals surface area contributed by atoms with E-state index in [-0.39, 0.29) is 70.7 Å². The van der Waals surface area contributed by atoms with Crippen LogP contribution in [0, 0.1) is 0 Å². The Morgan fingerprint density at radius 2 is 1.91 bits per heavy atom. The van der Waals surface area contributed by atoms with Crippen LogP contribution in [0.4, 0.5) is 0 Å². The normalized spacial score (nSPS) is 15.5. The molecule has 48 valence electrons. The first kappa shape index (κ1) is 14.5. The van der Waals surface area contributed by atoms with Crippen LogP contribution < -0.4 is 64.2 Å². The van der Waals surface area contributed by atoms with Gasteiger partial charge in [-0.2, -0.15) is 0 Å². The zero-order chi connectivity index (χ0) is 6.85. The maximum atomic E-state index is 10.3. The van der Waals surface area contributed by atoms with Gasteiger partial charge in [-0.1, -0.05) is 0 Å². The Morgan fingerprint density at radius 3 is 2.27 bits per heavy atom. The second-order valence-electron chi connectivity index (χ2n) is 1.47. The average molecular weight is 188 g/mol. The second kappa shape index (κ2) is 6.54. The molecule has 0 saturated heterocycles. The number of rotatable bonds is 0. The molecule has 7 heteroatoms. The molecule has 0 radical (unpaired) electrons. The Labute approximate surface area is 114 Å². The number of carbonyl (C=O) groups excluding carboxylic acids is 1. The van der Waals surface area contributed by atoms with Gasteiger partial charge < -0.3 is 17.7 Å². The van der Waals surface area contributed by atoms with Crippen molar-refractivity contribution in [1.29, 1.82) is 0 Å². The average Bonchev–Trinajstić information content (AvgIpc) is 1.59. The Balaban J connectivity index is 0. The Hall–Kier alpha value is 1.03. The molecule has 0 unspecified atom stereocenters. The van der Waals surface area contributed by atoms with Crippen LogP contribution >= 0.6 is 0 Å². The van der Waals surface area contributed by atoms with Crippen molar-refractivity contribution in [2.24, 2.45) is 9.98 Å². The molecule has 0 N–H and O–H groups in total. The molecule has 0 aromatic heterocycles. The van der Waals surface area contributed by atoms with Gasteiger partial charge in [-0.25, -0.2) is 4.99 Å².